The van der Waals surface area contributed by atoms with E-state index < -0.39 is 34.8 Å². The molecular formula is C22H22FN3O5S. The van der Waals surface area contributed by atoms with E-state index in [1.165, 1.54) is 28.2 Å². The van der Waals surface area contributed by atoms with E-state index >= 15 is 0 Å². The number of methoxy groups -OCH3 is 1. The van der Waals surface area contributed by atoms with Gasteiger partial charge in [-0.2, -0.15) is 0 Å². The molecule has 10 heteroatoms. The molecule has 0 radical (unpaired) electrons. The third-order valence-corrected chi connectivity index (χ3v) is 6.15. The van der Waals surface area contributed by atoms with Crippen LogP contribution in [0.5, 0.6) is 0 Å². The molecule has 0 saturated heterocycles. The molecular weight excluding hydrogens is 437 g/mol. The first-order valence-electron chi connectivity index (χ1n) is 9.60. The van der Waals surface area contributed by atoms with E-state index in [4.69, 9.17) is 0 Å². The zero-order valence-corrected chi connectivity index (χ0v) is 18.3. The van der Waals surface area contributed by atoms with Crippen molar-refractivity contribution in [2.45, 2.75) is 23.9 Å². The van der Waals surface area contributed by atoms with Gasteiger partial charge in [0.2, 0.25) is 0 Å². The summed E-state index contributed by atoms with van der Waals surface area (Å²) in [5.74, 6) is -2.30. The number of carbonyl (C=O) groups excluding carboxylic acids is 1. The SMILES string of the molecule is COC(=O)CC(C(=O)O)N(C)Cc1cc(-c2ccccc2F)n(S(=O)c2cccnc2)c1. The molecule has 1 aromatic carbocycles. The molecule has 2 heterocycles. The van der Waals surface area contributed by atoms with Gasteiger partial charge >= 0.3 is 11.9 Å². The van der Waals surface area contributed by atoms with Gasteiger partial charge in [-0.15, -0.1) is 0 Å². The first-order valence-corrected chi connectivity index (χ1v) is 10.7. The molecule has 3 rings (SSSR count). The van der Waals surface area contributed by atoms with Crippen molar-refractivity contribution in [3.8, 4) is 11.3 Å². The number of hydrogen-bond acceptors (Lipinski definition) is 6. The van der Waals surface area contributed by atoms with E-state index in [9.17, 15) is 23.3 Å². The first kappa shape index (κ1) is 23.3. The Balaban J connectivity index is 1.99. The largest absolute Gasteiger partial charge is 0.480 e. The van der Waals surface area contributed by atoms with Gasteiger partial charge in [-0.3, -0.25) is 23.4 Å². The van der Waals surface area contributed by atoms with Crippen molar-refractivity contribution in [1.29, 1.82) is 0 Å². The lowest BCUT2D eigenvalue weighted by atomic mass is 10.1. The minimum Gasteiger partial charge on any atom is -0.480 e. The molecule has 0 fully saturated rings. The van der Waals surface area contributed by atoms with Gasteiger partial charge in [0, 0.05) is 30.7 Å². The third-order valence-electron chi connectivity index (χ3n) is 4.84. The predicted molar refractivity (Wildman–Crippen MR) is 115 cm³/mol. The van der Waals surface area contributed by atoms with Crippen LogP contribution in [-0.4, -0.2) is 55.3 Å². The number of esters is 1. The van der Waals surface area contributed by atoms with Crippen molar-refractivity contribution in [3.63, 3.8) is 0 Å². The Kier molecular flexibility index (Phi) is 7.49. The number of carboxylic acid groups (broad SMARTS) is 1. The Morgan fingerprint density at radius 3 is 2.66 bits per heavy atom. The summed E-state index contributed by atoms with van der Waals surface area (Å²) in [6.45, 7) is 0.118. The van der Waals surface area contributed by atoms with E-state index in [-0.39, 0.29) is 18.5 Å². The van der Waals surface area contributed by atoms with E-state index in [1.807, 2.05) is 0 Å². The number of ether oxygens (including phenoxy) is 1. The summed E-state index contributed by atoms with van der Waals surface area (Å²) in [6.07, 6.45) is 4.27. The quantitative estimate of drug-likeness (QED) is 0.491. The Hall–Kier alpha value is -3.37. The number of hydrogen-bond donors (Lipinski definition) is 1. The number of pyridine rings is 1. The van der Waals surface area contributed by atoms with Gasteiger partial charge in [0.1, 0.15) is 11.9 Å². The highest BCUT2D eigenvalue weighted by Gasteiger charge is 2.27. The summed E-state index contributed by atoms with van der Waals surface area (Å²) >= 11 is 0. The van der Waals surface area contributed by atoms with Crippen LogP contribution in [0.1, 0.15) is 12.0 Å². The highest BCUT2D eigenvalue weighted by molar-refractivity contribution is 7.83. The topological polar surface area (TPSA) is 102 Å². The molecule has 32 heavy (non-hydrogen) atoms. The number of carboxylic acids is 1. The second-order valence-electron chi connectivity index (χ2n) is 7.03. The standard InChI is InChI=1S/C22H22FN3O5S/c1-25(20(22(28)29)11-21(27)31-2)13-15-10-19(17-7-3-4-8-18(17)23)26(14-15)32(30)16-6-5-9-24-12-16/h3-10,12,14,20H,11,13H2,1-2H3,(H,28,29). The molecule has 8 nitrogen and oxygen atoms in total. The lowest BCUT2D eigenvalue weighted by Crippen LogP contribution is -2.39. The average Bonchev–Trinajstić information content (AvgIpc) is 3.20. The second kappa shape index (κ2) is 10.3. The Morgan fingerprint density at radius 1 is 1.28 bits per heavy atom. The summed E-state index contributed by atoms with van der Waals surface area (Å²) < 4.78 is 33.8. The Bertz CT molecular complexity index is 1140. The maximum Gasteiger partial charge on any atom is 0.321 e. The van der Waals surface area contributed by atoms with Crippen molar-refractivity contribution in [2.75, 3.05) is 14.2 Å². The minimum atomic E-state index is -1.71. The zero-order chi connectivity index (χ0) is 23.3. The van der Waals surface area contributed by atoms with Gasteiger partial charge in [0.25, 0.3) is 0 Å². The highest BCUT2D eigenvalue weighted by atomic mass is 32.2. The van der Waals surface area contributed by atoms with Gasteiger partial charge in [-0.1, -0.05) is 12.1 Å². The summed E-state index contributed by atoms with van der Waals surface area (Å²) in [5.41, 5.74) is 1.22. The maximum atomic E-state index is 14.5. The molecule has 1 N–H and O–H groups in total. The van der Waals surface area contributed by atoms with Crippen molar-refractivity contribution < 1.29 is 28.0 Å². The number of aromatic nitrogens is 2. The fraction of sp³-hybridized carbons (Fsp3) is 0.227. The van der Waals surface area contributed by atoms with Crippen LogP contribution in [0, 0.1) is 5.82 Å². The predicted octanol–water partition coefficient (Wildman–Crippen LogP) is 2.71. The molecule has 3 aromatic rings. The zero-order valence-electron chi connectivity index (χ0n) is 17.5. The smallest absolute Gasteiger partial charge is 0.321 e. The van der Waals surface area contributed by atoms with Gasteiger partial charge in [0.15, 0.2) is 11.0 Å². The molecule has 0 aliphatic heterocycles. The lowest BCUT2D eigenvalue weighted by molar-refractivity contribution is -0.151. The van der Waals surface area contributed by atoms with Gasteiger partial charge in [0.05, 0.1) is 24.1 Å². The summed E-state index contributed by atoms with van der Waals surface area (Å²) in [5, 5.41) is 9.52. The number of carbonyl (C=O) groups is 2. The normalized spacial score (nSPS) is 13.0. The summed E-state index contributed by atoms with van der Waals surface area (Å²) in [7, 11) is 1.03. The Morgan fingerprint density at radius 2 is 2.03 bits per heavy atom. The van der Waals surface area contributed by atoms with Crippen LogP contribution >= 0.6 is 0 Å². The highest BCUT2D eigenvalue weighted by Crippen LogP contribution is 2.28. The first-order chi connectivity index (χ1) is 15.3. The number of rotatable bonds is 9. The molecule has 0 aliphatic rings. The van der Waals surface area contributed by atoms with Crippen LogP contribution < -0.4 is 0 Å². The summed E-state index contributed by atoms with van der Waals surface area (Å²) in [6, 6.07) is 9.95. The molecule has 0 aliphatic carbocycles. The van der Waals surface area contributed by atoms with Crippen molar-refractivity contribution in [3.05, 3.63) is 72.4 Å². The van der Waals surface area contributed by atoms with Crippen molar-refractivity contribution in [2.24, 2.45) is 0 Å². The second-order valence-corrected chi connectivity index (χ2v) is 8.39. The van der Waals surface area contributed by atoms with Gasteiger partial charge in [-0.25, -0.2) is 8.60 Å². The number of nitrogens with zero attached hydrogens (tertiary/aromatic N) is 3. The molecule has 168 valence electrons. The van der Waals surface area contributed by atoms with Crippen LogP contribution in [-0.2, 0) is 31.9 Å². The summed E-state index contributed by atoms with van der Waals surface area (Å²) in [4.78, 5) is 29.1. The third kappa shape index (κ3) is 5.27. The number of aliphatic carboxylic acids is 1. The lowest BCUT2D eigenvalue weighted by Gasteiger charge is -2.23. The molecule has 2 atom stereocenters. The maximum absolute atomic E-state index is 14.5. The number of benzene rings is 1. The van der Waals surface area contributed by atoms with Crippen LogP contribution in [0.25, 0.3) is 11.3 Å². The van der Waals surface area contributed by atoms with E-state index in [1.54, 1.807) is 55.8 Å². The van der Waals surface area contributed by atoms with E-state index in [2.05, 4.69) is 9.72 Å². The van der Waals surface area contributed by atoms with Crippen molar-refractivity contribution >= 4 is 22.9 Å². The van der Waals surface area contributed by atoms with E-state index in [0.717, 1.165) is 0 Å². The molecule has 0 saturated carbocycles. The number of likely N-dealkylation sites (N-methyl/N-ethyl adjacent to an activating group) is 1. The fourth-order valence-electron chi connectivity index (χ4n) is 3.22. The Labute approximate surface area is 186 Å². The minimum absolute atomic E-state index is 0.118. The van der Waals surface area contributed by atoms with Crippen LogP contribution in [0.15, 0.2) is 66.0 Å². The number of halogens is 1. The molecule has 0 amide bonds. The fourth-order valence-corrected chi connectivity index (χ4v) is 4.35. The molecule has 0 bridgehead atoms. The van der Waals surface area contributed by atoms with Crippen LogP contribution in [0.2, 0.25) is 0 Å². The van der Waals surface area contributed by atoms with Gasteiger partial charge in [-0.05, 0) is 42.9 Å². The molecule has 2 aromatic heterocycles. The van der Waals surface area contributed by atoms with Crippen molar-refractivity contribution in [1.82, 2.24) is 13.9 Å². The average molecular weight is 459 g/mol. The van der Waals surface area contributed by atoms with E-state index in [0.29, 0.717) is 16.2 Å². The monoisotopic (exact) mass is 459 g/mol. The van der Waals surface area contributed by atoms with Gasteiger partial charge < -0.3 is 9.84 Å². The van der Waals surface area contributed by atoms with Crippen LogP contribution in [0.3, 0.4) is 0 Å². The molecule has 2 unspecified atom stereocenters. The molecule has 0 spiro atoms. The van der Waals surface area contributed by atoms with Crippen LogP contribution in [0.4, 0.5) is 4.39 Å².